The van der Waals surface area contributed by atoms with Crippen LogP contribution >= 0.6 is 0 Å². The number of aliphatic carboxylic acids is 1. The summed E-state index contributed by atoms with van der Waals surface area (Å²) in [6, 6.07) is 0.0649. The minimum absolute atomic E-state index is 0.0351. The van der Waals surface area contributed by atoms with Crippen molar-refractivity contribution < 1.29 is 19.4 Å². The Hall–Kier alpha value is -1.34. The molecule has 1 heterocycles. The first kappa shape index (κ1) is 17.7. The Morgan fingerprint density at radius 2 is 2.05 bits per heavy atom. The molecule has 0 aliphatic carbocycles. The van der Waals surface area contributed by atoms with E-state index in [1.54, 1.807) is 4.90 Å². The van der Waals surface area contributed by atoms with Gasteiger partial charge in [-0.3, -0.25) is 4.79 Å². The van der Waals surface area contributed by atoms with E-state index in [1.807, 2.05) is 19.0 Å². The van der Waals surface area contributed by atoms with Crippen molar-refractivity contribution in [2.24, 2.45) is 0 Å². The van der Waals surface area contributed by atoms with E-state index in [-0.39, 0.29) is 25.2 Å². The summed E-state index contributed by atoms with van der Waals surface area (Å²) in [5.74, 6) is -0.842. The van der Waals surface area contributed by atoms with Crippen molar-refractivity contribution >= 4 is 12.0 Å². The van der Waals surface area contributed by atoms with Gasteiger partial charge >= 0.3 is 12.0 Å². The van der Waals surface area contributed by atoms with Crippen molar-refractivity contribution in [3.63, 3.8) is 0 Å². The highest BCUT2D eigenvalue weighted by Crippen LogP contribution is 2.15. The smallest absolute Gasteiger partial charge is 0.319 e. The molecule has 0 unspecified atom stereocenters. The minimum atomic E-state index is -0.842. The zero-order valence-corrected chi connectivity index (χ0v) is 13.0. The predicted octanol–water partition coefficient (Wildman–Crippen LogP) is 0.603. The Labute approximate surface area is 126 Å². The minimum Gasteiger partial charge on any atom is -0.481 e. The van der Waals surface area contributed by atoms with E-state index < -0.39 is 5.97 Å². The molecule has 7 heteroatoms. The molecule has 0 bridgehead atoms. The normalized spacial score (nSPS) is 16.0. The molecule has 1 fully saturated rings. The molecule has 2 amide bonds. The summed E-state index contributed by atoms with van der Waals surface area (Å²) in [4.78, 5) is 26.2. The molecule has 2 N–H and O–H groups in total. The number of piperidine rings is 1. The molecule has 21 heavy (non-hydrogen) atoms. The van der Waals surface area contributed by atoms with Crippen molar-refractivity contribution in [1.82, 2.24) is 15.1 Å². The van der Waals surface area contributed by atoms with Gasteiger partial charge in [0.05, 0.1) is 19.1 Å². The number of carbonyl (C=O) groups is 2. The van der Waals surface area contributed by atoms with Gasteiger partial charge in [0.1, 0.15) is 0 Å². The Balaban J connectivity index is 2.22. The summed E-state index contributed by atoms with van der Waals surface area (Å²) in [7, 11) is 3.73. The molecular weight excluding hydrogens is 274 g/mol. The second kappa shape index (κ2) is 9.57. The van der Waals surface area contributed by atoms with Crippen LogP contribution in [-0.2, 0) is 9.53 Å². The molecule has 0 aromatic heterocycles. The molecule has 0 radical (unpaired) electrons. The number of likely N-dealkylation sites (tertiary alicyclic amines) is 1. The van der Waals surface area contributed by atoms with Gasteiger partial charge in [-0.25, -0.2) is 4.79 Å². The van der Waals surface area contributed by atoms with Crippen LogP contribution < -0.4 is 5.32 Å². The molecular formula is C14H27N3O4. The van der Waals surface area contributed by atoms with E-state index in [0.29, 0.717) is 13.1 Å². The Bertz CT molecular complexity index is 330. The van der Waals surface area contributed by atoms with Gasteiger partial charge in [0.2, 0.25) is 0 Å². The average Bonchev–Trinajstić information content (AvgIpc) is 2.47. The maximum absolute atomic E-state index is 12.2. The van der Waals surface area contributed by atoms with Gasteiger partial charge in [-0.15, -0.1) is 0 Å². The Morgan fingerprint density at radius 3 is 2.62 bits per heavy atom. The fourth-order valence-electron chi connectivity index (χ4n) is 2.36. The zero-order valence-electron chi connectivity index (χ0n) is 13.0. The summed E-state index contributed by atoms with van der Waals surface area (Å²) in [6.07, 6.45) is 2.59. The van der Waals surface area contributed by atoms with Gasteiger partial charge in [0, 0.05) is 26.7 Å². The number of hydrogen-bond acceptors (Lipinski definition) is 4. The lowest BCUT2D eigenvalue weighted by Gasteiger charge is -2.34. The van der Waals surface area contributed by atoms with Gasteiger partial charge in [-0.1, -0.05) is 0 Å². The van der Waals surface area contributed by atoms with E-state index in [4.69, 9.17) is 9.84 Å². The number of nitrogens with zero attached hydrogens (tertiary/aromatic N) is 2. The van der Waals surface area contributed by atoms with Crippen LogP contribution in [0, 0.1) is 0 Å². The fourth-order valence-corrected chi connectivity index (χ4v) is 2.36. The highest BCUT2D eigenvalue weighted by atomic mass is 16.5. The van der Waals surface area contributed by atoms with Gasteiger partial charge in [-0.05, 0) is 32.9 Å². The van der Waals surface area contributed by atoms with Crippen LogP contribution in [0.1, 0.15) is 25.7 Å². The quantitative estimate of drug-likeness (QED) is 0.642. The van der Waals surface area contributed by atoms with Crippen LogP contribution in [0.15, 0.2) is 0 Å². The van der Waals surface area contributed by atoms with E-state index in [0.717, 1.165) is 32.4 Å². The molecule has 0 spiro atoms. The van der Waals surface area contributed by atoms with Crippen LogP contribution in [0.2, 0.25) is 0 Å². The molecule has 7 nitrogen and oxygen atoms in total. The molecule has 0 saturated carbocycles. The third-order valence-electron chi connectivity index (χ3n) is 3.63. The largest absolute Gasteiger partial charge is 0.481 e. The van der Waals surface area contributed by atoms with Crippen molar-refractivity contribution in [3.8, 4) is 0 Å². The van der Waals surface area contributed by atoms with Crippen molar-refractivity contribution in [3.05, 3.63) is 0 Å². The number of carboxylic acid groups (broad SMARTS) is 1. The standard InChI is InChI=1S/C14H27N3O4/c1-15-7-3-8-16(2)14(20)17-9-4-12(5-10-17)21-11-6-13(18)19/h12,15H,3-11H2,1-2H3,(H,18,19). The van der Waals surface area contributed by atoms with E-state index in [1.165, 1.54) is 0 Å². The first-order valence-electron chi connectivity index (χ1n) is 7.52. The number of ether oxygens (including phenoxy) is 1. The number of carbonyl (C=O) groups excluding carboxylic acids is 1. The summed E-state index contributed by atoms with van der Waals surface area (Å²) >= 11 is 0. The van der Waals surface area contributed by atoms with E-state index in [9.17, 15) is 9.59 Å². The molecule has 1 aliphatic rings. The highest BCUT2D eigenvalue weighted by Gasteiger charge is 2.25. The molecule has 1 saturated heterocycles. The number of rotatable bonds is 8. The molecule has 0 atom stereocenters. The number of carboxylic acids is 1. The van der Waals surface area contributed by atoms with Crippen LogP contribution in [0.25, 0.3) is 0 Å². The Kier molecular flexibility index (Phi) is 8.07. The second-order valence-corrected chi connectivity index (χ2v) is 5.36. The highest BCUT2D eigenvalue weighted by molar-refractivity contribution is 5.74. The molecule has 1 aliphatic heterocycles. The van der Waals surface area contributed by atoms with Gasteiger partial charge in [0.25, 0.3) is 0 Å². The van der Waals surface area contributed by atoms with E-state index >= 15 is 0 Å². The van der Waals surface area contributed by atoms with E-state index in [2.05, 4.69) is 5.32 Å². The van der Waals surface area contributed by atoms with Gasteiger partial charge in [0.15, 0.2) is 0 Å². The van der Waals surface area contributed by atoms with Crippen molar-refractivity contribution in [2.75, 3.05) is 46.9 Å². The predicted molar refractivity (Wildman–Crippen MR) is 79.4 cm³/mol. The Morgan fingerprint density at radius 1 is 1.38 bits per heavy atom. The number of urea groups is 1. The molecule has 1 rings (SSSR count). The molecule has 0 aromatic rings. The maximum Gasteiger partial charge on any atom is 0.319 e. The lowest BCUT2D eigenvalue weighted by Crippen LogP contribution is -2.47. The van der Waals surface area contributed by atoms with Crippen molar-refractivity contribution in [1.29, 1.82) is 0 Å². The first-order chi connectivity index (χ1) is 10.0. The lowest BCUT2D eigenvalue weighted by atomic mass is 10.1. The summed E-state index contributed by atoms with van der Waals surface area (Å²) in [6.45, 7) is 3.24. The summed E-state index contributed by atoms with van der Waals surface area (Å²) in [5, 5.41) is 11.6. The molecule has 122 valence electrons. The average molecular weight is 301 g/mol. The van der Waals surface area contributed by atoms with Crippen LogP contribution in [0.4, 0.5) is 4.79 Å². The van der Waals surface area contributed by atoms with Crippen LogP contribution in [-0.4, -0.2) is 79.9 Å². The van der Waals surface area contributed by atoms with Crippen LogP contribution in [0.3, 0.4) is 0 Å². The third-order valence-corrected chi connectivity index (χ3v) is 3.63. The van der Waals surface area contributed by atoms with Crippen LogP contribution in [0.5, 0.6) is 0 Å². The summed E-state index contributed by atoms with van der Waals surface area (Å²) in [5.41, 5.74) is 0. The SMILES string of the molecule is CNCCCN(C)C(=O)N1CCC(OCCC(=O)O)CC1. The van der Waals surface area contributed by atoms with Gasteiger partial charge < -0.3 is 25.0 Å². The number of hydrogen-bond donors (Lipinski definition) is 2. The summed E-state index contributed by atoms with van der Waals surface area (Å²) < 4.78 is 5.52. The second-order valence-electron chi connectivity index (χ2n) is 5.36. The zero-order chi connectivity index (χ0) is 15.7. The fraction of sp³-hybridized carbons (Fsp3) is 0.857. The first-order valence-corrected chi connectivity index (χ1v) is 7.52. The molecule has 0 aromatic carbocycles. The third kappa shape index (κ3) is 6.77. The monoisotopic (exact) mass is 301 g/mol. The topological polar surface area (TPSA) is 82.1 Å². The van der Waals surface area contributed by atoms with Gasteiger partial charge in [-0.2, -0.15) is 0 Å². The lowest BCUT2D eigenvalue weighted by molar-refractivity contribution is -0.138. The maximum atomic E-state index is 12.2. The van der Waals surface area contributed by atoms with Crippen molar-refractivity contribution in [2.45, 2.75) is 31.8 Å². The number of amides is 2. The number of nitrogens with one attached hydrogen (secondary N) is 1.